The number of alkyl halides is 4. The highest BCUT2D eigenvalue weighted by Gasteiger charge is 2.34. The van der Waals surface area contributed by atoms with E-state index in [0.717, 1.165) is 12.1 Å². The van der Waals surface area contributed by atoms with Gasteiger partial charge in [0.2, 0.25) is 0 Å². The first kappa shape index (κ1) is 18.5. The maximum atomic E-state index is 12.8. The second-order valence-corrected chi connectivity index (χ2v) is 6.77. The molecule has 0 aliphatic carbocycles. The first-order valence-corrected chi connectivity index (χ1v) is 8.79. The van der Waals surface area contributed by atoms with Crippen LogP contribution in [0, 0.1) is 0 Å². The lowest BCUT2D eigenvalue weighted by Crippen LogP contribution is -2.15. The molecule has 6 nitrogen and oxygen atoms in total. The molecule has 0 N–H and O–H groups in total. The summed E-state index contributed by atoms with van der Waals surface area (Å²) in [6, 6.07) is 2.34. The summed E-state index contributed by atoms with van der Waals surface area (Å²) in [5, 5.41) is 3.53. The molecule has 0 amide bonds. The number of Topliss-reactive ketones (excluding diaryl/α,β-unsaturated/α-hetero) is 1. The lowest BCUT2D eigenvalue weighted by atomic mass is 10.0. The van der Waals surface area contributed by atoms with Gasteiger partial charge >= 0.3 is 16.3 Å². The Morgan fingerprint density at radius 2 is 2.12 bits per heavy atom. The SMILES string of the molecule is CS(=O)(=O)Oc1cc(C(F)(F)F)ccc1C1CC(C(=O)CCl)=NO1. The van der Waals surface area contributed by atoms with E-state index >= 15 is 0 Å². The van der Waals surface area contributed by atoms with Crippen LogP contribution in [0.1, 0.15) is 23.7 Å². The van der Waals surface area contributed by atoms with Gasteiger partial charge in [0.1, 0.15) is 11.5 Å². The van der Waals surface area contributed by atoms with E-state index in [-0.39, 0.29) is 23.6 Å². The zero-order valence-corrected chi connectivity index (χ0v) is 13.7. The topological polar surface area (TPSA) is 82.0 Å². The Kier molecular flexibility index (Phi) is 5.09. The van der Waals surface area contributed by atoms with Crippen molar-refractivity contribution >= 4 is 33.2 Å². The number of benzene rings is 1. The molecule has 0 saturated carbocycles. The van der Waals surface area contributed by atoms with Gasteiger partial charge in [0.25, 0.3) is 0 Å². The third kappa shape index (κ3) is 4.38. The van der Waals surface area contributed by atoms with Gasteiger partial charge in [-0.25, -0.2) is 0 Å². The van der Waals surface area contributed by atoms with Gasteiger partial charge in [0.05, 0.1) is 17.7 Å². The summed E-state index contributed by atoms with van der Waals surface area (Å²) in [6.07, 6.45) is -4.99. The molecule has 1 unspecified atom stereocenters. The van der Waals surface area contributed by atoms with Crippen molar-refractivity contribution in [1.29, 1.82) is 0 Å². The van der Waals surface area contributed by atoms with Crippen molar-refractivity contribution in [3.8, 4) is 5.75 Å². The molecule has 1 aromatic carbocycles. The first-order chi connectivity index (χ1) is 11.0. The van der Waals surface area contributed by atoms with Gasteiger partial charge in [0, 0.05) is 12.0 Å². The monoisotopic (exact) mass is 385 g/mol. The highest BCUT2D eigenvalue weighted by atomic mass is 35.5. The molecule has 1 atom stereocenters. The van der Waals surface area contributed by atoms with Crippen LogP contribution in [0.3, 0.4) is 0 Å². The van der Waals surface area contributed by atoms with Crippen molar-refractivity contribution in [3.63, 3.8) is 0 Å². The molecule has 0 bridgehead atoms. The Hall–Kier alpha value is -1.81. The summed E-state index contributed by atoms with van der Waals surface area (Å²) in [5.41, 5.74) is -1.05. The van der Waals surface area contributed by atoms with E-state index in [1.807, 2.05) is 0 Å². The molecular formula is C13H11ClF3NO5S. The average Bonchev–Trinajstić information content (AvgIpc) is 2.93. The maximum absolute atomic E-state index is 12.8. The smallest absolute Gasteiger partial charge is 0.387 e. The molecule has 11 heteroatoms. The van der Waals surface area contributed by atoms with E-state index < -0.39 is 39.5 Å². The molecule has 2 rings (SSSR count). The minimum atomic E-state index is -4.68. The van der Waals surface area contributed by atoms with Gasteiger partial charge in [-0.1, -0.05) is 11.2 Å². The number of hydrogen-bond donors (Lipinski definition) is 0. The fraction of sp³-hybridized carbons (Fsp3) is 0.385. The number of carbonyl (C=O) groups excluding carboxylic acids is 1. The Labute approximate surface area is 140 Å². The van der Waals surface area contributed by atoms with Crippen LogP contribution in [-0.4, -0.2) is 32.0 Å². The number of rotatable bonds is 5. The molecule has 1 aliphatic rings. The van der Waals surface area contributed by atoms with E-state index in [9.17, 15) is 26.4 Å². The van der Waals surface area contributed by atoms with Gasteiger partial charge in [-0.05, 0) is 12.1 Å². The molecule has 0 fully saturated rings. The molecule has 1 heterocycles. The summed E-state index contributed by atoms with van der Waals surface area (Å²) in [7, 11) is -4.07. The van der Waals surface area contributed by atoms with E-state index in [4.69, 9.17) is 16.4 Å². The predicted octanol–water partition coefficient (Wildman–Crippen LogP) is 2.67. The summed E-state index contributed by atoms with van der Waals surface area (Å²) in [4.78, 5) is 16.5. The Morgan fingerprint density at radius 3 is 2.67 bits per heavy atom. The zero-order valence-electron chi connectivity index (χ0n) is 12.1. The quantitative estimate of drug-likeness (QED) is 0.575. The highest BCUT2D eigenvalue weighted by Crippen LogP contribution is 2.39. The highest BCUT2D eigenvalue weighted by molar-refractivity contribution is 7.86. The van der Waals surface area contributed by atoms with Crippen LogP contribution >= 0.6 is 11.6 Å². The molecule has 0 radical (unpaired) electrons. The number of nitrogens with zero attached hydrogens (tertiary/aromatic N) is 1. The van der Waals surface area contributed by atoms with Gasteiger partial charge in [0.15, 0.2) is 11.9 Å². The summed E-state index contributed by atoms with van der Waals surface area (Å²) in [5.74, 6) is -1.35. The normalized spacial score (nSPS) is 18.0. The Bertz CT molecular complexity index is 791. The Balaban J connectivity index is 2.38. The van der Waals surface area contributed by atoms with Gasteiger partial charge in [-0.15, -0.1) is 11.6 Å². The van der Waals surface area contributed by atoms with E-state index in [0.29, 0.717) is 12.3 Å². The third-order valence-electron chi connectivity index (χ3n) is 3.04. The van der Waals surface area contributed by atoms with Crippen molar-refractivity contribution in [2.75, 3.05) is 12.1 Å². The van der Waals surface area contributed by atoms with Gasteiger partial charge in [-0.3, -0.25) is 4.79 Å². The van der Waals surface area contributed by atoms with Crippen LogP contribution < -0.4 is 4.18 Å². The van der Waals surface area contributed by atoms with Crippen LogP contribution in [0.15, 0.2) is 23.4 Å². The number of ketones is 1. The van der Waals surface area contributed by atoms with Crippen molar-refractivity contribution in [1.82, 2.24) is 0 Å². The number of halogens is 4. The number of carbonyl (C=O) groups is 1. The van der Waals surface area contributed by atoms with E-state index in [1.165, 1.54) is 0 Å². The second kappa shape index (κ2) is 6.60. The second-order valence-electron chi connectivity index (χ2n) is 4.93. The van der Waals surface area contributed by atoms with Gasteiger partial charge < -0.3 is 9.02 Å². The largest absolute Gasteiger partial charge is 0.416 e. The standard InChI is InChI=1S/C13H11ClF3NO5S/c1-24(20,21)23-12-4-7(13(15,16)17)2-3-8(12)11-5-9(18-22-11)10(19)6-14/h2-4,11H,5-6H2,1H3. The molecule has 0 saturated heterocycles. The van der Waals surface area contributed by atoms with Gasteiger partial charge in [-0.2, -0.15) is 21.6 Å². The molecule has 132 valence electrons. The molecule has 0 aromatic heterocycles. The lowest BCUT2D eigenvalue weighted by molar-refractivity contribution is -0.137. The number of hydrogen-bond acceptors (Lipinski definition) is 6. The molecule has 1 aliphatic heterocycles. The fourth-order valence-electron chi connectivity index (χ4n) is 2.00. The zero-order chi connectivity index (χ0) is 18.1. The molecule has 24 heavy (non-hydrogen) atoms. The van der Waals surface area contributed by atoms with Crippen LogP contribution in [0.2, 0.25) is 0 Å². The Morgan fingerprint density at radius 1 is 1.46 bits per heavy atom. The van der Waals surface area contributed by atoms with Crippen LogP contribution in [0.25, 0.3) is 0 Å². The molecule has 0 spiro atoms. The number of oxime groups is 1. The van der Waals surface area contributed by atoms with Crippen molar-refractivity contribution in [3.05, 3.63) is 29.3 Å². The fourth-order valence-corrected chi connectivity index (χ4v) is 2.62. The van der Waals surface area contributed by atoms with E-state index in [2.05, 4.69) is 9.34 Å². The minimum absolute atomic E-state index is 0.0141. The van der Waals surface area contributed by atoms with Crippen molar-refractivity contribution < 1.29 is 35.4 Å². The summed E-state index contributed by atoms with van der Waals surface area (Å²) >= 11 is 5.40. The first-order valence-electron chi connectivity index (χ1n) is 6.43. The lowest BCUT2D eigenvalue weighted by Gasteiger charge is -2.16. The predicted molar refractivity (Wildman–Crippen MR) is 78.5 cm³/mol. The maximum Gasteiger partial charge on any atom is 0.416 e. The minimum Gasteiger partial charge on any atom is -0.387 e. The average molecular weight is 386 g/mol. The summed E-state index contributed by atoms with van der Waals surface area (Å²) in [6.45, 7) is 0. The molecule has 1 aromatic rings. The third-order valence-corrected chi connectivity index (χ3v) is 3.77. The van der Waals surface area contributed by atoms with Crippen molar-refractivity contribution in [2.24, 2.45) is 5.16 Å². The van der Waals surface area contributed by atoms with E-state index in [1.54, 1.807) is 0 Å². The van der Waals surface area contributed by atoms with Crippen LogP contribution in [-0.2, 0) is 25.9 Å². The van der Waals surface area contributed by atoms with Crippen LogP contribution in [0.4, 0.5) is 13.2 Å². The van der Waals surface area contributed by atoms with Crippen LogP contribution in [0.5, 0.6) is 5.75 Å². The summed E-state index contributed by atoms with van der Waals surface area (Å²) < 4.78 is 65.7. The molecular weight excluding hydrogens is 375 g/mol. The van der Waals surface area contributed by atoms with Crippen molar-refractivity contribution in [2.45, 2.75) is 18.7 Å².